The molecule has 2 rings (SSSR count). The first-order chi connectivity index (χ1) is 10.1. The fraction of sp³-hybridized carbons (Fsp3) is 0.333. The first-order valence-electron chi connectivity index (χ1n) is 6.76. The van der Waals surface area contributed by atoms with Gasteiger partial charge >= 0.3 is 5.69 Å². The smallest absolute Gasteiger partial charge is 0.329 e. The number of aromatic nitrogens is 2. The topological polar surface area (TPSA) is 76.1 Å². The van der Waals surface area contributed by atoms with Gasteiger partial charge in [-0.25, -0.2) is 4.79 Å². The van der Waals surface area contributed by atoms with Gasteiger partial charge in [0.05, 0.1) is 13.2 Å². The number of aromatic amines is 1. The molecule has 1 unspecified atom stereocenters. The molecule has 0 aliphatic heterocycles. The quantitative estimate of drug-likeness (QED) is 0.842. The van der Waals surface area contributed by atoms with Crippen LogP contribution in [0.15, 0.2) is 46.0 Å². The number of hydrogen-bond donors (Lipinski definition) is 2. The SMILES string of the molecule is COCCn1c(=O)cc(NC(C)c2ccccc2)[nH]c1=O. The minimum absolute atomic E-state index is 0.0175. The van der Waals surface area contributed by atoms with Gasteiger partial charge in [-0.3, -0.25) is 14.3 Å². The molecule has 1 aromatic heterocycles. The number of ether oxygens (including phenoxy) is 1. The number of benzene rings is 1. The average Bonchev–Trinajstić information content (AvgIpc) is 2.47. The Morgan fingerprint density at radius 3 is 2.62 bits per heavy atom. The number of methoxy groups -OCH3 is 1. The number of hydrogen-bond acceptors (Lipinski definition) is 4. The van der Waals surface area contributed by atoms with E-state index in [1.165, 1.54) is 13.2 Å². The molecular formula is C15H19N3O3. The molecule has 0 amide bonds. The maximum absolute atomic E-state index is 11.9. The minimum Gasteiger partial charge on any atom is -0.383 e. The van der Waals surface area contributed by atoms with Crippen molar-refractivity contribution in [3.05, 3.63) is 62.8 Å². The van der Waals surface area contributed by atoms with Gasteiger partial charge in [0.2, 0.25) is 0 Å². The van der Waals surface area contributed by atoms with E-state index in [9.17, 15) is 9.59 Å². The Kier molecular flexibility index (Phi) is 4.94. The number of nitrogens with zero attached hydrogens (tertiary/aromatic N) is 1. The van der Waals surface area contributed by atoms with Gasteiger partial charge < -0.3 is 10.1 Å². The van der Waals surface area contributed by atoms with E-state index in [0.29, 0.717) is 12.4 Å². The number of rotatable bonds is 6. The highest BCUT2D eigenvalue weighted by molar-refractivity contribution is 5.36. The van der Waals surface area contributed by atoms with E-state index in [4.69, 9.17) is 4.74 Å². The summed E-state index contributed by atoms with van der Waals surface area (Å²) in [6, 6.07) is 11.2. The third-order valence-corrected chi connectivity index (χ3v) is 3.21. The van der Waals surface area contributed by atoms with Gasteiger partial charge in [0.1, 0.15) is 5.82 Å². The Labute approximate surface area is 122 Å². The van der Waals surface area contributed by atoms with Crippen molar-refractivity contribution in [2.45, 2.75) is 19.5 Å². The Bertz CT molecular complexity index is 660. The third kappa shape index (κ3) is 3.82. The molecule has 0 bridgehead atoms. The lowest BCUT2D eigenvalue weighted by atomic mass is 10.1. The maximum Gasteiger partial charge on any atom is 0.329 e. The van der Waals surface area contributed by atoms with Crippen molar-refractivity contribution in [1.29, 1.82) is 0 Å². The third-order valence-electron chi connectivity index (χ3n) is 3.21. The molecule has 0 saturated carbocycles. The summed E-state index contributed by atoms with van der Waals surface area (Å²) in [5.74, 6) is 0.412. The second kappa shape index (κ2) is 6.90. The van der Waals surface area contributed by atoms with Crippen molar-refractivity contribution in [1.82, 2.24) is 9.55 Å². The lowest BCUT2D eigenvalue weighted by molar-refractivity contribution is 0.185. The second-order valence-electron chi connectivity index (χ2n) is 4.75. The van der Waals surface area contributed by atoms with Gasteiger partial charge in [-0.2, -0.15) is 0 Å². The second-order valence-corrected chi connectivity index (χ2v) is 4.75. The van der Waals surface area contributed by atoms with Crippen LogP contribution in [0.3, 0.4) is 0 Å². The molecule has 2 aromatic rings. The molecule has 0 saturated heterocycles. The van der Waals surface area contributed by atoms with E-state index in [1.807, 2.05) is 37.3 Å². The molecule has 0 aliphatic rings. The predicted octanol–water partition coefficient (Wildman–Crippen LogP) is 1.36. The molecular weight excluding hydrogens is 270 g/mol. The van der Waals surface area contributed by atoms with Crippen LogP contribution in [0.25, 0.3) is 0 Å². The van der Waals surface area contributed by atoms with Gasteiger partial charge in [0.15, 0.2) is 0 Å². The van der Waals surface area contributed by atoms with Crippen LogP contribution >= 0.6 is 0 Å². The molecule has 1 atom stereocenters. The largest absolute Gasteiger partial charge is 0.383 e. The molecule has 2 N–H and O–H groups in total. The van der Waals surface area contributed by atoms with Crippen molar-refractivity contribution < 1.29 is 4.74 Å². The van der Waals surface area contributed by atoms with E-state index in [2.05, 4.69) is 10.3 Å². The summed E-state index contributed by atoms with van der Waals surface area (Å²) in [6.07, 6.45) is 0. The van der Waals surface area contributed by atoms with E-state index in [-0.39, 0.29) is 18.1 Å². The monoisotopic (exact) mass is 289 g/mol. The molecule has 0 spiro atoms. The molecule has 21 heavy (non-hydrogen) atoms. The molecule has 0 aliphatic carbocycles. The van der Waals surface area contributed by atoms with Crippen LogP contribution in [-0.4, -0.2) is 23.3 Å². The van der Waals surface area contributed by atoms with Gasteiger partial charge in [-0.1, -0.05) is 30.3 Å². The fourth-order valence-electron chi connectivity index (χ4n) is 2.05. The van der Waals surface area contributed by atoms with Crippen LogP contribution < -0.4 is 16.6 Å². The summed E-state index contributed by atoms with van der Waals surface area (Å²) in [4.78, 5) is 26.5. The zero-order chi connectivity index (χ0) is 15.2. The van der Waals surface area contributed by atoms with Crippen LogP contribution in [0, 0.1) is 0 Å². The standard InChI is InChI=1S/C15H19N3O3/c1-11(12-6-4-3-5-7-12)16-13-10-14(19)18(8-9-21-2)15(20)17-13/h3-7,10-11,16H,8-9H2,1-2H3,(H,17,20). The Morgan fingerprint density at radius 2 is 2.00 bits per heavy atom. The highest BCUT2D eigenvalue weighted by atomic mass is 16.5. The Morgan fingerprint density at radius 1 is 1.29 bits per heavy atom. The molecule has 1 aromatic carbocycles. The molecule has 1 heterocycles. The van der Waals surface area contributed by atoms with Gasteiger partial charge in [-0.15, -0.1) is 0 Å². The Balaban J connectivity index is 2.18. The molecule has 0 fully saturated rings. The summed E-state index contributed by atoms with van der Waals surface area (Å²) in [5.41, 5.74) is 0.280. The molecule has 6 heteroatoms. The summed E-state index contributed by atoms with van der Waals surface area (Å²) < 4.78 is 5.99. The van der Waals surface area contributed by atoms with Crippen molar-refractivity contribution in [2.24, 2.45) is 0 Å². The van der Waals surface area contributed by atoms with Crippen LogP contribution in [0.1, 0.15) is 18.5 Å². The lowest BCUT2D eigenvalue weighted by Crippen LogP contribution is -2.36. The number of nitrogens with one attached hydrogen (secondary N) is 2. The van der Waals surface area contributed by atoms with E-state index < -0.39 is 5.69 Å². The van der Waals surface area contributed by atoms with Crippen molar-refractivity contribution >= 4 is 5.82 Å². The summed E-state index contributed by atoms with van der Waals surface area (Å²) in [7, 11) is 1.52. The average molecular weight is 289 g/mol. The van der Waals surface area contributed by atoms with Gasteiger partial charge in [0.25, 0.3) is 5.56 Å². The Hall–Kier alpha value is -2.34. The van der Waals surface area contributed by atoms with Gasteiger partial charge in [-0.05, 0) is 12.5 Å². The number of H-pyrrole nitrogens is 1. The molecule has 0 radical (unpaired) electrons. The zero-order valence-corrected chi connectivity index (χ0v) is 12.1. The highest BCUT2D eigenvalue weighted by Crippen LogP contribution is 2.15. The fourth-order valence-corrected chi connectivity index (χ4v) is 2.05. The van der Waals surface area contributed by atoms with Crippen molar-refractivity contribution in [2.75, 3.05) is 19.0 Å². The van der Waals surface area contributed by atoms with Crippen LogP contribution in [-0.2, 0) is 11.3 Å². The zero-order valence-electron chi connectivity index (χ0n) is 12.1. The van der Waals surface area contributed by atoms with Crippen molar-refractivity contribution in [3.63, 3.8) is 0 Å². The first kappa shape index (κ1) is 15.1. The van der Waals surface area contributed by atoms with E-state index in [0.717, 1.165) is 10.1 Å². The van der Waals surface area contributed by atoms with Gasteiger partial charge in [0, 0.05) is 19.2 Å². The van der Waals surface area contributed by atoms with E-state index >= 15 is 0 Å². The number of anilines is 1. The van der Waals surface area contributed by atoms with Crippen molar-refractivity contribution in [3.8, 4) is 0 Å². The normalized spacial score (nSPS) is 12.1. The minimum atomic E-state index is -0.442. The van der Waals surface area contributed by atoms with E-state index in [1.54, 1.807) is 0 Å². The van der Waals surface area contributed by atoms with Crippen LogP contribution in [0.4, 0.5) is 5.82 Å². The summed E-state index contributed by atoms with van der Waals surface area (Å²) in [5, 5.41) is 3.12. The predicted molar refractivity (Wildman–Crippen MR) is 81.7 cm³/mol. The maximum atomic E-state index is 11.9. The van der Waals surface area contributed by atoms with Crippen LogP contribution in [0.2, 0.25) is 0 Å². The van der Waals surface area contributed by atoms with Crippen LogP contribution in [0.5, 0.6) is 0 Å². The first-order valence-corrected chi connectivity index (χ1v) is 6.76. The molecule has 6 nitrogen and oxygen atoms in total. The molecule has 112 valence electrons. The lowest BCUT2D eigenvalue weighted by Gasteiger charge is -2.15. The highest BCUT2D eigenvalue weighted by Gasteiger charge is 2.08. The summed E-state index contributed by atoms with van der Waals surface area (Å²) in [6.45, 7) is 2.51. The summed E-state index contributed by atoms with van der Waals surface area (Å²) >= 11 is 0.